The van der Waals surface area contributed by atoms with Gasteiger partial charge < -0.3 is 0 Å². The predicted molar refractivity (Wildman–Crippen MR) is 49.5 cm³/mol. The summed E-state index contributed by atoms with van der Waals surface area (Å²) in [6.07, 6.45) is 0.735. The third-order valence-corrected chi connectivity index (χ3v) is 4.43. The topological polar surface area (TPSA) is 63.2 Å². The molecule has 1 fully saturated rings. The van der Waals surface area contributed by atoms with Gasteiger partial charge in [0, 0.05) is 6.42 Å². The summed E-state index contributed by atoms with van der Waals surface area (Å²) in [6, 6.07) is 0. The Balaban J connectivity index is 2.96. The van der Waals surface area contributed by atoms with Crippen LogP contribution in [-0.4, -0.2) is 19.6 Å². The number of nitrogens with one attached hydrogen (secondary N) is 1. The van der Waals surface area contributed by atoms with Crippen molar-refractivity contribution < 1.29 is 13.2 Å². The minimum Gasteiger partial charge on any atom is -0.274 e. The SMILES string of the molecule is CC(C)(C)C1CCC(=O)NS1(=O)=O. The lowest BCUT2D eigenvalue weighted by Gasteiger charge is -2.32. The van der Waals surface area contributed by atoms with Gasteiger partial charge in [-0.3, -0.25) is 9.52 Å². The molecule has 1 unspecified atom stereocenters. The van der Waals surface area contributed by atoms with E-state index in [9.17, 15) is 13.2 Å². The Hall–Kier alpha value is -0.580. The van der Waals surface area contributed by atoms with Crippen molar-refractivity contribution >= 4 is 15.9 Å². The lowest BCUT2D eigenvalue weighted by molar-refractivity contribution is -0.119. The average molecular weight is 205 g/mol. The van der Waals surface area contributed by atoms with Gasteiger partial charge in [-0.1, -0.05) is 20.8 Å². The molecule has 0 bridgehead atoms. The van der Waals surface area contributed by atoms with Crippen LogP contribution < -0.4 is 4.72 Å². The molecule has 0 saturated carbocycles. The first-order valence-electron chi connectivity index (χ1n) is 4.28. The largest absolute Gasteiger partial charge is 0.274 e. The zero-order chi connectivity index (χ0) is 10.3. The van der Waals surface area contributed by atoms with Crippen LogP contribution >= 0.6 is 0 Å². The number of amides is 1. The molecule has 0 aliphatic carbocycles. The van der Waals surface area contributed by atoms with Gasteiger partial charge in [0.05, 0.1) is 5.25 Å². The van der Waals surface area contributed by atoms with Crippen molar-refractivity contribution in [2.24, 2.45) is 5.41 Å². The van der Waals surface area contributed by atoms with Gasteiger partial charge in [-0.15, -0.1) is 0 Å². The summed E-state index contributed by atoms with van der Waals surface area (Å²) in [5.41, 5.74) is -0.313. The highest BCUT2D eigenvalue weighted by molar-refractivity contribution is 7.90. The molecule has 0 aromatic rings. The maximum Gasteiger partial charge on any atom is 0.238 e. The van der Waals surface area contributed by atoms with Gasteiger partial charge in [0.2, 0.25) is 15.9 Å². The Morgan fingerprint density at radius 2 is 1.92 bits per heavy atom. The van der Waals surface area contributed by atoms with Gasteiger partial charge in [0.25, 0.3) is 0 Å². The van der Waals surface area contributed by atoms with E-state index in [0.29, 0.717) is 12.8 Å². The van der Waals surface area contributed by atoms with Crippen molar-refractivity contribution in [2.75, 3.05) is 0 Å². The smallest absolute Gasteiger partial charge is 0.238 e. The highest BCUT2D eigenvalue weighted by atomic mass is 32.2. The average Bonchev–Trinajstić information content (AvgIpc) is 1.79. The molecule has 4 nitrogen and oxygen atoms in total. The molecule has 1 atom stereocenters. The summed E-state index contributed by atoms with van der Waals surface area (Å²) in [6.45, 7) is 5.60. The Morgan fingerprint density at radius 1 is 1.38 bits per heavy atom. The Kier molecular flexibility index (Phi) is 2.40. The zero-order valence-electron chi connectivity index (χ0n) is 8.12. The molecular weight excluding hydrogens is 190 g/mol. The molecule has 1 aliphatic heterocycles. The highest BCUT2D eigenvalue weighted by Gasteiger charge is 2.40. The fourth-order valence-electron chi connectivity index (χ4n) is 1.60. The van der Waals surface area contributed by atoms with Crippen molar-refractivity contribution in [3.63, 3.8) is 0 Å². The monoisotopic (exact) mass is 205 g/mol. The van der Waals surface area contributed by atoms with Crippen molar-refractivity contribution in [1.29, 1.82) is 0 Å². The van der Waals surface area contributed by atoms with E-state index in [4.69, 9.17) is 0 Å². The zero-order valence-corrected chi connectivity index (χ0v) is 8.94. The Labute approximate surface area is 78.8 Å². The van der Waals surface area contributed by atoms with Crippen molar-refractivity contribution in [1.82, 2.24) is 4.72 Å². The van der Waals surface area contributed by atoms with Crippen LogP contribution in [0.4, 0.5) is 0 Å². The first kappa shape index (κ1) is 10.5. The van der Waals surface area contributed by atoms with E-state index in [-0.39, 0.29) is 11.3 Å². The number of sulfonamides is 1. The summed E-state index contributed by atoms with van der Waals surface area (Å²) < 4.78 is 25.1. The van der Waals surface area contributed by atoms with E-state index >= 15 is 0 Å². The second-order valence-electron chi connectivity index (χ2n) is 4.46. The highest BCUT2D eigenvalue weighted by Crippen LogP contribution is 2.30. The first-order valence-corrected chi connectivity index (χ1v) is 5.82. The summed E-state index contributed by atoms with van der Waals surface area (Å²) in [4.78, 5) is 10.9. The molecule has 5 heteroatoms. The molecule has 13 heavy (non-hydrogen) atoms. The number of hydrogen-bond acceptors (Lipinski definition) is 3. The molecule has 1 N–H and O–H groups in total. The van der Waals surface area contributed by atoms with Crippen LogP contribution in [0.1, 0.15) is 33.6 Å². The van der Waals surface area contributed by atoms with Gasteiger partial charge in [0.15, 0.2) is 0 Å². The van der Waals surface area contributed by atoms with Gasteiger partial charge in [0.1, 0.15) is 0 Å². The van der Waals surface area contributed by atoms with Gasteiger partial charge in [-0.2, -0.15) is 0 Å². The fraction of sp³-hybridized carbons (Fsp3) is 0.875. The van der Waals surface area contributed by atoms with Crippen LogP contribution in [0.15, 0.2) is 0 Å². The summed E-state index contributed by atoms with van der Waals surface area (Å²) >= 11 is 0. The van der Waals surface area contributed by atoms with Crippen LogP contribution in [0, 0.1) is 5.41 Å². The van der Waals surface area contributed by atoms with Crippen LogP contribution in [0.25, 0.3) is 0 Å². The molecule has 0 aromatic carbocycles. The summed E-state index contributed by atoms with van der Waals surface area (Å²) in [7, 11) is -3.43. The normalized spacial score (nSPS) is 28.2. The van der Waals surface area contributed by atoms with Crippen molar-refractivity contribution in [2.45, 2.75) is 38.9 Å². The fourth-order valence-corrected chi connectivity index (χ4v) is 3.52. The lowest BCUT2D eigenvalue weighted by Crippen LogP contribution is -2.48. The lowest BCUT2D eigenvalue weighted by atomic mass is 9.89. The number of hydrogen-bond donors (Lipinski definition) is 1. The van der Waals surface area contributed by atoms with E-state index < -0.39 is 15.3 Å². The van der Waals surface area contributed by atoms with E-state index in [1.807, 2.05) is 25.5 Å². The van der Waals surface area contributed by atoms with Crippen LogP contribution in [0.2, 0.25) is 0 Å². The molecule has 1 rings (SSSR count). The molecule has 76 valence electrons. The number of carbonyl (C=O) groups is 1. The van der Waals surface area contributed by atoms with Gasteiger partial charge >= 0.3 is 0 Å². The first-order chi connectivity index (χ1) is 5.73. The second-order valence-corrected chi connectivity index (χ2v) is 6.33. The minimum atomic E-state index is -3.43. The summed E-state index contributed by atoms with van der Waals surface area (Å²) in [5, 5.41) is -0.460. The molecular formula is C8H15NO3S. The van der Waals surface area contributed by atoms with E-state index in [1.165, 1.54) is 0 Å². The maximum absolute atomic E-state index is 11.5. The molecule has 0 aromatic heterocycles. The third-order valence-electron chi connectivity index (χ3n) is 2.23. The Morgan fingerprint density at radius 3 is 2.31 bits per heavy atom. The maximum atomic E-state index is 11.5. The number of rotatable bonds is 0. The molecule has 0 spiro atoms. The number of carbonyl (C=O) groups excluding carboxylic acids is 1. The quantitative estimate of drug-likeness (QED) is 0.631. The van der Waals surface area contributed by atoms with Crippen LogP contribution in [0.3, 0.4) is 0 Å². The third kappa shape index (κ3) is 2.21. The molecule has 1 aliphatic rings. The van der Waals surface area contributed by atoms with E-state index in [1.54, 1.807) is 0 Å². The van der Waals surface area contributed by atoms with Crippen molar-refractivity contribution in [3.8, 4) is 0 Å². The van der Waals surface area contributed by atoms with Gasteiger partial charge in [-0.25, -0.2) is 8.42 Å². The molecule has 1 heterocycles. The molecule has 0 radical (unpaired) electrons. The molecule has 1 saturated heterocycles. The van der Waals surface area contributed by atoms with Crippen LogP contribution in [0.5, 0.6) is 0 Å². The second kappa shape index (κ2) is 2.97. The predicted octanol–water partition coefficient (Wildman–Crippen LogP) is 0.641. The van der Waals surface area contributed by atoms with E-state index in [0.717, 1.165) is 0 Å². The van der Waals surface area contributed by atoms with Crippen LogP contribution in [-0.2, 0) is 14.8 Å². The van der Waals surface area contributed by atoms with Gasteiger partial charge in [-0.05, 0) is 11.8 Å². The standard InChI is InChI=1S/C8H15NO3S/c1-8(2,3)6-4-5-7(10)9-13(6,11)12/h6H,4-5H2,1-3H3,(H,9,10). The van der Waals surface area contributed by atoms with E-state index in [2.05, 4.69) is 0 Å². The summed E-state index contributed by atoms with van der Waals surface area (Å²) in [5.74, 6) is -0.388. The van der Waals surface area contributed by atoms with Crippen molar-refractivity contribution in [3.05, 3.63) is 0 Å². The molecule has 1 amide bonds. The minimum absolute atomic E-state index is 0.307. The Bertz CT molecular complexity index is 313.